The molecule has 45 heavy (non-hydrogen) atoms. The number of ketones is 1. The number of unbranched alkanes of at least 4 members (excludes halogenated alkanes) is 2. The van der Waals surface area contributed by atoms with Crippen LogP contribution in [0.15, 0.2) is 48.5 Å². The number of carbonyl (C=O) groups is 3. The number of hydrogen-bond acceptors (Lipinski definition) is 12. The quantitative estimate of drug-likeness (QED) is 0.0498. The normalized spacial score (nSPS) is 22.4. The van der Waals surface area contributed by atoms with Gasteiger partial charge < -0.3 is 45.7 Å². The summed E-state index contributed by atoms with van der Waals surface area (Å²) in [7, 11) is -5.28. The number of anilines is 1. The van der Waals surface area contributed by atoms with Crippen LogP contribution in [0.2, 0.25) is 0 Å². The summed E-state index contributed by atoms with van der Waals surface area (Å²) in [4.78, 5) is 57.0. The Morgan fingerprint density at radius 1 is 1.02 bits per heavy atom. The van der Waals surface area contributed by atoms with Gasteiger partial charge in [-0.1, -0.05) is 56.2 Å². The number of aliphatic hydroxyl groups excluding tert-OH is 2. The van der Waals surface area contributed by atoms with Crippen molar-refractivity contribution >= 4 is 31.2 Å². The Hall–Kier alpha value is -3.20. The molecule has 15 heteroatoms. The number of aliphatic hydroxyl groups is 2. The van der Waals surface area contributed by atoms with Crippen LogP contribution in [0, 0.1) is 0 Å². The van der Waals surface area contributed by atoms with Crippen molar-refractivity contribution in [3.63, 3.8) is 0 Å². The van der Waals surface area contributed by atoms with E-state index >= 15 is 0 Å². The van der Waals surface area contributed by atoms with Gasteiger partial charge in [-0.15, -0.1) is 0 Å². The zero-order valence-corrected chi connectivity index (χ0v) is 25.8. The van der Waals surface area contributed by atoms with Crippen LogP contribution in [0.25, 0.3) is 0 Å². The summed E-state index contributed by atoms with van der Waals surface area (Å²) < 4.78 is 33.8. The first-order chi connectivity index (χ1) is 21.3. The molecule has 2 aromatic carbocycles. The van der Waals surface area contributed by atoms with E-state index in [1.807, 2.05) is 6.92 Å². The molecule has 8 N–H and O–H groups in total. The molecule has 1 aliphatic heterocycles. The number of phosphoric ester groups is 1. The summed E-state index contributed by atoms with van der Waals surface area (Å²) in [5, 5.41) is 21.2. The highest BCUT2D eigenvalue weighted by atomic mass is 31.2. The lowest BCUT2D eigenvalue weighted by molar-refractivity contribution is -0.227. The van der Waals surface area contributed by atoms with Gasteiger partial charge in [0, 0.05) is 25.1 Å². The maximum atomic E-state index is 13.2. The van der Waals surface area contributed by atoms with Gasteiger partial charge in [0.1, 0.15) is 43.2 Å². The SMILES string of the molecule is CCCCCC(=O)CC(=O)OC[C@H]1O[C@@H](Cc2ccc(C(O)CN)cc2)[C@H](OC(=O)c2ccccc2N)[C@@H](OP(=O)(O)O)[C@@H]1O. The van der Waals surface area contributed by atoms with Crippen LogP contribution in [0.3, 0.4) is 0 Å². The number of esters is 2. The number of rotatable bonds is 16. The Balaban J connectivity index is 1.88. The van der Waals surface area contributed by atoms with Crippen LogP contribution in [0.5, 0.6) is 0 Å². The zero-order chi connectivity index (χ0) is 33.1. The average molecular weight is 653 g/mol. The van der Waals surface area contributed by atoms with E-state index in [4.69, 9.17) is 30.2 Å². The lowest BCUT2D eigenvalue weighted by Gasteiger charge is -2.43. The van der Waals surface area contributed by atoms with Crippen LogP contribution in [0.1, 0.15) is 66.6 Å². The molecule has 1 saturated heterocycles. The Morgan fingerprint density at radius 3 is 2.33 bits per heavy atom. The molecule has 1 aliphatic rings. The van der Waals surface area contributed by atoms with Crippen molar-refractivity contribution < 1.29 is 57.7 Å². The molecular formula is C30H41N2O12P. The first kappa shape index (κ1) is 36.3. The number of ether oxygens (including phenoxy) is 3. The lowest BCUT2D eigenvalue weighted by Crippen LogP contribution is -2.61. The number of benzene rings is 2. The summed E-state index contributed by atoms with van der Waals surface area (Å²) >= 11 is 0. The van der Waals surface area contributed by atoms with E-state index in [2.05, 4.69) is 0 Å². The molecule has 248 valence electrons. The molecule has 0 amide bonds. The van der Waals surface area contributed by atoms with Crippen molar-refractivity contribution in [2.75, 3.05) is 18.9 Å². The molecular weight excluding hydrogens is 611 g/mol. The predicted molar refractivity (Wildman–Crippen MR) is 161 cm³/mol. The minimum Gasteiger partial charge on any atom is -0.462 e. The number of carbonyl (C=O) groups excluding carboxylic acids is 3. The van der Waals surface area contributed by atoms with Crippen LogP contribution < -0.4 is 11.5 Å². The highest BCUT2D eigenvalue weighted by molar-refractivity contribution is 7.46. The molecule has 0 aliphatic carbocycles. The van der Waals surface area contributed by atoms with Crippen LogP contribution in [-0.2, 0) is 39.3 Å². The van der Waals surface area contributed by atoms with E-state index in [0.717, 1.165) is 12.8 Å². The Labute approximate surface area is 260 Å². The van der Waals surface area contributed by atoms with Crippen LogP contribution in [0.4, 0.5) is 5.69 Å². The minimum atomic E-state index is -5.28. The minimum absolute atomic E-state index is 0.00422. The Morgan fingerprint density at radius 2 is 1.71 bits per heavy atom. The van der Waals surface area contributed by atoms with Crippen molar-refractivity contribution in [1.29, 1.82) is 0 Å². The number of nitrogens with two attached hydrogens (primary N) is 2. The van der Waals surface area contributed by atoms with E-state index in [9.17, 15) is 38.9 Å². The molecule has 6 atom stereocenters. The third kappa shape index (κ3) is 11.0. The summed E-state index contributed by atoms with van der Waals surface area (Å²) in [6.45, 7) is 1.39. The number of para-hydroxylation sites is 1. The summed E-state index contributed by atoms with van der Waals surface area (Å²) in [6, 6.07) is 12.5. The van der Waals surface area contributed by atoms with Crippen molar-refractivity contribution in [2.24, 2.45) is 5.73 Å². The standard InChI is InChI=1S/C30H41N2O12P/c1-2-3-4-7-20(33)15-26(35)41-17-25-27(36)29(44-45(38,39)40)28(43-30(37)21-8-5-6-9-22(21)32)24(42-25)14-18-10-12-19(13-11-18)23(34)16-31/h5-6,8-13,23-25,27-29,34,36H,2-4,7,14-17,31-32H2,1H3,(H2,38,39,40)/t23?,24-,25+,27+,28-,29-/m0/s1. The second-order valence-corrected chi connectivity index (χ2v) is 12.0. The highest BCUT2D eigenvalue weighted by Crippen LogP contribution is 2.42. The molecule has 0 radical (unpaired) electrons. The fourth-order valence-electron chi connectivity index (χ4n) is 4.89. The van der Waals surface area contributed by atoms with E-state index < -0.39 is 69.4 Å². The largest absolute Gasteiger partial charge is 0.470 e. The van der Waals surface area contributed by atoms with E-state index in [1.54, 1.807) is 30.3 Å². The number of phosphoric acid groups is 1. The molecule has 2 aromatic rings. The first-order valence-electron chi connectivity index (χ1n) is 14.6. The fourth-order valence-corrected chi connectivity index (χ4v) is 5.45. The maximum absolute atomic E-state index is 13.2. The van der Waals surface area contributed by atoms with Crippen LogP contribution in [-0.4, -0.2) is 81.4 Å². The molecule has 3 rings (SSSR count). The second kappa shape index (κ2) is 16.9. The summed E-state index contributed by atoms with van der Waals surface area (Å²) in [5.74, 6) is -2.14. The third-order valence-electron chi connectivity index (χ3n) is 7.27. The molecule has 1 heterocycles. The van der Waals surface area contributed by atoms with Gasteiger partial charge in [-0.3, -0.25) is 14.1 Å². The zero-order valence-electron chi connectivity index (χ0n) is 24.9. The maximum Gasteiger partial charge on any atom is 0.470 e. The van der Waals surface area contributed by atoms with Gasteiger partial charge in [0.05, 0.1) is 11.7 Å². The monoisotopic (exact) mass is 652 g/mol. The van der Waals surface area contributed by atoms with E-state index in [0.29, 0.717) is 17.5 Å². The predicted octanol–water partition coefficient (Wildman–Crippen LogP) is 1.72. The Kier molecular flexibility index (Phi) is 13.6. The summed E-state index contributed by atoms with van der Waals surface area (Å²) in [5.41, 5.74) is 12.6. The van der Waals surface area contributed by atoms with Gasteiger partial charge in [-0.25, -0.2) is 9.36 Å². The molecule has 0 spiro atoms. The van der Waals surface area contributed by atoms with E-state index in [-0.39, 0.29) is 36.4 Å². The molecule has 1 fully saturated rings. The van der Waals surface area contributed by atoms with Crippen molar-refractivity contribution in [3.05, 3.63) is 65.2 Å². The van der Waals surface area contributed by atoms with Crippen molar-refractivity contribution in [1.82, 2.24) is 0 Å². The van der Waals surface area contributed by atoms with Gasteiger partial charge in [0.25, 0.3) is 0 Å². The fraction of sp³-hybridized carbons (Fsp3) is 0.500. The number of nitrogen functional groups attached to an aromatic ring is 1. The molecule has 0 bridgehead atoms. The van der Waals surface area contributed by atoms with Gasteiger partial charge in [-0.05, 0) is 29.7 Å². The summed E-state index contributed by atoms with van der Waals surface area (Å²) in [6.07, 6.45) is -6.68. The molecule has 0 aromatic heterocycles. The van der Waals surface area contributed by atoms with Crippen molar-refractivity contribution in [3.8, 4) is 0 Å². The van der Waals surface area contributed by atoms with Gasteiger partial charge >= 0.3 is 19.8 Å². The number of Topliss-reactive ketones (excluding diaryl/α,β-unsaturated/α-hetero) is 1. The number of hydrogen-bond donors (Lipinski definition) is 6. The lowest BCUT2D eigenvalue weighted by atomic mass is 9.91. The highest BCUT2D eigenvalue weighted by Gasteiger charge is 2.51. The van der Waals surface area contributed by atoms with Gasteiger partial charge in [0.15, 0.2) is 6.10 Å². The topological polar surface area (TPSA) is 238 Å². The van der Waals surface area contributed by atoms with Crippen LogP contribution >= 0.6 is 7.82 Å². The molecule has 14 nitrogen and oxygen atoms in total. The third-order valence-corrected chi connectivity index (χ3v) is 7.79. The molecule has 0 saturated carbocycles. The second-order valence-electron chi connectivity index (χ2n) is 10.8. The van der Waals surface area contributed by atoms with Gasteiger partial charge in [-0.2, -0.15) is 0 Å². The smallest absolute Gasteiger partial charge is 0.462 e. The average Bonchev–Trinajstić information content (AvgIpc) is 2.99. The van der Waals surface area contributed by atoms with E-state index in [1.165, 1.54) is 18.2 Å². The first-order valence-corrected chi connectivity index (χ1v) is 16.1. The Bertz CT molecular complexity index is 1330. The van der Waals surface area contributed by atoms with Gasteiger partial charge in [0.2, 0.25) is 0 Å². The van der Waals surface area contributed by atoms with Crippen molar-refractivity contribution in [2.45, 2.75) is 82.1 Å². The molecule has 1 unspecified atom stereocenters.